The number of benzene rings is 9. The largest absolute Gasteiger partial charge is 0.228 e. The highest BCUT2D eigenvalue weighted by Crippen LogP contribution is 2.51. The fraction of sp³-hybridized carbons (Fsp3) is 0.0545. The van der Waals surface area contributed by atoms with Gasteiger partial charge in [-0.25, -0.2) is 9.97 Å². The molecule has 2 heteroatoms. The van der Waals surface area contributed by atoms with Crippen molar-refractivity contribution in [3.63, 3.8) is 0 Å². The average molecular weight is 727 g/mol. The van der Waals surface area contributed by atoms with Crippen molar-refractivity contribution in [2.24, 2.45) is 0 Å². The Labute approximate surface area is 332 Å². The van der Waals surface area contributed by atoms with Gasteiger partial charge in [-0.05, 0) is 101 Å². The second-order valence-electron chi connectivity index (χ2n) is 15.8. The quantitative estimate of drug-likeness (QED) is 0.176. The zero-order valence-corrected chi connectivity index (χ0v) is 31.9. The summed E-state index contributed by atoms with van der Waals surface area (Å²) in [7, 11) is 0. The van der Waals surface area contributed by atoms with E-state index in [1.54, 1.807) is 0 Å². The number of aromatic nitrogens is 2. The minimum absolute atomic E-state index is 0.0759. The summed E-state index contributed by atoms with van der Waals surface area (Å²) < 4.78 is 0. The van der Waals surface area contributed by atoms with E-state index in [0.29, 0.717) is 5.82 Å². The summed E-state index contributed by atoms with van der Waals surface area (Å²) in [6.45, 7) is 4.72. The normalized spacial score (nSPS) is 12.9. The van der Waals surface area contributed by atoms with E-state index < -0.39 is 0 Å². The van der Waals surface area contributed by atoms with E-state index in [4.69, 9.17) is 9.97 Å². The van der Waals surface area contributed by atoms with Crippen LogP contribution in [0.2, 0.25) is 0 Å². The van der Waals surface area contributed by atoms with Crippen molar-refractivity contribution in [2.75, 3.05) is 0 Å². The maximum absolute atomic E-state index is 5.37. The van der Waals surface area contributed by atoms with Crippen molar-refractivity contribution in [1.29, 1.82) is 0 Å². The molecule has 0 bridgehead atoms. The molecule has 0 atom stereocenters. The van der Waals surface area contributed by atoms with Gasteiger partial charge in [-0.15, -0.1) is 0 Å². The standard InChI is InChI=1S/C55H38N2/c1-55(2)50-30-27-41(32-48(50)49-31-39-16-6-7-17-40(39)33-51(49)55)43-28-29-46(45-21-11-10-20-44(43)45)53-34-52(38-25-23-36(24-26-38)35-13-4-3-5-14-35)56-54(57-53)47-22-12-18-37-15-8-9-19-42(37)47/h3-34H,1-2H3. The van der Waals surface area contributed by atoms with Crippen LogP contribution < -0.4 is 0 Å². The lowest BCUT2D eigenvalue weighted by Gasteiger charge is -2.22. The van der Waals surface area contributed by atoms with Crippen LogP contribution in [0.1, 0.15) is 25.0 Å². The van der Waals surface area contributed by atoms with Gasteiger partial charge in [0, 0.05) is 22.1 Å². The highest BCUT2D eigenvalue weighted by atomic mass is 14.9. The van der Waals surface area contributed by atoms with Gasteiger partial charge in [-0.3, -0.25) is 0 Å². The molecule has 0 amide bonds. The molecule has 9 aromatic carbocycles. The molecule has 1 aliphatic rings. The molecule has 2 nitrogen and oxygen atoms in total. The molecule has 0 N–H and O–H groups in total. The molecule has 0 aliphatic heterocycles. The molecule has 11 rings (SSSR count). The Morgan fingerprint density at radius 1 is 0.316 bits per heavy atom. The molecule has 10 aromatic rings. The molecule has 1 aliphatic carbocycles. The number of fused-ring (bicyclic) bond motifs is 6. The molecule has 1 aromatic heterocycles. The summed E-state index contributed by atoms with van der Waals surface area (Å²) in [6, 6.07) is 70.2. The van der Waals surface area contributed by atoms with Gasteiger partial charge in [-0.2, -0.15) is 0 Å². The minimum atomic E-state index is -0.0759. The third-order valence-corrected chi connectivity index (χ3v) is 12.1. The van der Waals surface area contributed by atoms with Crippen LogP contribution in [0, 0.1) is 0 Å². The molecule has 0 saturated carbocycles. The van der Waals surface area contributed by atoms with E-state index in [1.165, 1.54) is 66.1 Å². The predicted octanol–water partition coefficient (Wildman–Crippen LogP) is 14.6. The zero-order valence-electron chi connectivity index (χ0n) is 31.9. The topological polar surface area (TPSA) is 25.8 Å². The summed E-state index contributed by atoms with van der Waals surface area (Å²) in [5, 5.41) is 7.23. The third-order valence-electron chi connectivity index (χ3n) is 12.1. The van der Waals surface area contributed by atoms with Gasteiger partial charge in [0.15, 0.2) is 5.82 Å². The van der Waals surface area contributed by atoms with Crippen LogP contribution >= 0.6 is 0 Å². The van der Waals surface area contributed by atoms with Gasteiger partial charge in [0.25, 0.3) is 0 Å². The first-order valence-corrected chi connectivity index (χ1v) is 19.7. The maximum atomic E-state index is 5.37. The van der Waals surface area contributed by atoms with Gasteiger partial charge in [0.2, 0.25) is 0 Å². The Kier molecular flexibility index (Phi) is 7.55. The Balaban J connectivity index is 1.07. The number of hydrogen-bond donors (Lipinski definition) is 0. The second-order valence-corrected chi connectivity index (χ2v) is 15.8. The van der Waals surface area contributed by atoms with E-state index in [9.17, 15) is 0 Å². The summed E-state index contributed by atoms with van der Waals surface area (Å²) in [4.78, 5) is 10.6. The lowest BCUT2D eigenvalue weighted by atomic mass is 9.81. The third kappa shape index (κ3) is 5.48. The van der Waals surface area contributed by atoms with Crippen LogP contribution in [0.5, 0.6) is 0 Å². The Morgan fingerprint density at radius 3 is 1.67 bits per heavy atom. The number of rotatable bonds is 5. The average Bonchev–Trinajstić information content (AvgIpc) is 3.49. The number of hydrogen-bond acceptors (Lipinski definition) is 2. The summed E-state index contributed by atoms with van der Waals surface area (Å²) in [5.41, 5.74) is 15.1. The summed E-state index contributed by atoms with van der Waals surface area (Å²) in [5.74, 6) is 0.715. The van der Waals surface area contributed by atoms with Gasteiger partial charge < -0.3 is 0 Å². The predicted molar refractivity (Wildman–Crippen MR) is 239 cm³/mol. The van der Waals surface area contributed by atoms with Crippen LogP contribution in [0.15, 0.2) is 194 Å². The Hall–Kier alpha value is -7.16. The Morgan fingerprint density at radius 2 is 0.877 bits per heavy atom. The molecule has 0 fully saturated rings. The van der Waals surface area contributed by atoms with Gasteiger partial charge in [0.1, 0.15) is 0 Å². The van der Waals surface area contributed by atoms with Crippen LogP contribution in [0.3, 0.4) is 0 Å². The smallest absolute Gasteiger partial charge is 0.161 e. The first-order valence-electron chi connectivity index (χ1n) is 19.7. The Bertz CT molecular complexity index is 3190. The molecule has 268 valence electrons. The van der Waals surface area contributed by atoms with E-state index in [-0.39, 0.29) is 5.41 Å². The lowest BCUT2D eigenvalue weighted by Crippen LogP contribution is -2.14. The number of nitrogens with zero attached hydrogens (tertiary/aromatic N) is 2. The fourth-order valence-electron chi connectivity index (χ4n) is 9.12. The van der Waals surface area contributed by atoms with Crippen molar-refractivity contribution in [3.8, 4) is 67.3 Å². The van der Waals surface area contributed by atoms with Crippen molar-refractivity contribution >= 4 is 32.3 Å². The van der Waals surface area contributed by atoms with Gasteiger partial charge >= 0.3 is 0 Å². The first-order chi connectivity index (χ1) is 28.0. The van der Waals surface area contributed by atoms with Crippen molar-refractivity contribution in [1.82, 2.24) is 9.97 Å². The molecule has 0 spiro atoms. The molecular formula is C55H38N2. The monoisotopic (exact) mass is 726 g/mol. The summed E-state index contributed by atoms with van der Waals surface area (Å²) in [6.07, 6.45) is 0. The molecule has 57 heavy (non-hydrogen) atoms. The highest BCUT2D eigenvalue weighted by molar-refractivity contribution is 6.06. The van der Waals surface area contributed by atoms with E-state index in [0.717, 1.165) is 38.9 Å². The molecule has 0 saturated heterocycles. The lowest BCUT2D eigenvalue weighted by molar-refractivity contribution is 0.661. The second kappa shape index (κ2) is 13.0. The van der Waals surface area contributed by atoms with E-state index in [1.807, 2.05) is 0 Å². The summed E-state index contributed by atoms with van der Waals surface area (Å²) >= 11 is 0. The maximum Gasteiger partial charge on any atom is 0.161 e. The van der Waals surface area contributed by atoms with Crippen LogP contribution in [0.4, 0.5) is 0 Å². The van der Waals surface area contributed by atoms with Crippen molar-refractivity contribution in [3.05, 3.63) is 205 Å². The van der Waals surface area contributed by atoms with Crippen LogP contribution in [-0.2, 0) is 5.41 Å². The molecule has 1 heterocycles. The fourth-order valence-corrected chi connectivity index (χ4v) is 9.12. The first kappa shape index (κ1) is 33.2. The minimum Gasteiger partial charge on any atom is -0.228 e. The van der Waals surface area contributed by atoms with Crippen LogP contribution in [0.25, 0.3) is 99.6 Å². The molecule has 0 unspecified atom stereocenters. The van der Waals surface area contributed by atoms with Crippen LogP contribution in [-0.4, -0.2) is 9.97 Å². The van der Waals surface area contributed by atoms with Crippen molar-refractivity contribution in [2.45, 2.75) is 19.3 Å². The zero-order chi connectivity index (χ0) is 38.1. The van der Waals surface area contributed by atoms with Gasteiger partial charge in [0.05, 0.1) is 11.4 Å². The molecular weight excluding hydrogens is 689 g/mol. The highest BCUT2D eigenvalue weighted by Gasteiger charge is 2.36. The molecule has 0 radical (unpaired) electrons. The van der Waals surface area contributed by atoms with E-state index in [2.05, 4.69) is 208 Å². The van der Waals surface area contributed by atoms with E-state index >= 15 is 0 Å². The van der Waals surface area contributed by atoms with Crippen molar-refractivity contribution < 1.29 is 0 Å². The van der Waals surface area contributed by atoms with Gasteiger partial charge in [-0.1, -0.05) is 184 Å². The SMILES string of the molecule is CC1(C)c2ccc(-c3ccc(-c4cc(-c5ccc(-c6ccccc6)cc5)nc(-c5cccc6ccccc56)n4)c4ccccc34)cc2-c2cc3ccccc3cc21.